The van der Waals surface area contributed by atoms with E-state index in [0.29, 0.717) is 6.04 Å². The molecule has 1 heterocycles. The van der Waals surface area contributed by atoms with Crippen LogP contribution in [0, 0.1) is 0 Å². The van der Waals surface area contributed by atoms with Crippen molar-refractivity contribution in [2.24, 2.45) is 0 Å². The topological polar surface area (TPSA) is 42.1 Å². The number of fused-ring (bicyclic) bond motifs is 1. The number of rotatable bonds is 6. The molecule has 2 rings (SSSR count). The van der Waals surface area contributed by atoms with Crippen molar-refractivity contribution in [1.82, 2.24) is 4.98 Å². The Kier molecular flexibility index (Phi) is 4.83. The van der Waals surface area contributed by atoms with Gasteiger partial charge in [-0.05, 0) is 38.5 Å². The molecule has 3 heteroatoms. The minimum Gasteiger partial charge on any atom is -0.398 e. The number of hydrogen-bond donors (Lipinski definition) is 1. The fraction of sp³-hybridized carbons (Fsp3) is 0.471. The fourth-order valence-electron chi connectivity index (χ4n) is 2.64. The molecule has 20 heavy (non-hydrogen) atoms. The second-order valence-electron chi connectivity index (χ2n) is 5.59. The van der Waals surface area contributed by atoms with Gasteiger partial charge in [-0.1, -0.05) is 19.8 Å². The van der Waals surface area contributed by atoms with E-state index < -0.39 is 0 Å². The molecule has 2 N–H and O–H groups in total. The quantitative estimate of drug-likeness (QED) is 0.631. The Balaban J connectivity index is 2.40. The summed E-state index contributed by atoms with van der Waals surface area (Å²) in [5.41, 5.74) is 8.14. The first-order valence-electron chi connectivity index (χ1n) is 7.54. The third-order valence-corrected chi connectivity index (χ3v) is 3.76. The highest BCUT2D eigenvalue weighted by Crippen LogP contribution is 2.31. The minimum atomic E-state index is 0.471. The Bertz CT molecular complexity index is 563. The van der Waals surface area contributed by atoms with Crippen LogP contribution in [0.5, 0.6) is 0 Å². The van der Waals surface area contributed by atoms with Crippen LogP contribution in [-0.4, -0.2) is 17.6 Å². The summed E-state index contributed by atoms with van der Waals surface area (Å²) in [7, 11) is 0. The summed E-state index contributed by atoms with van der Waals surface area (Å²) in [6.45, 7) is 7.80. The number of anilines is 2. The summed E-state index contributed by atoms with van der Waals surface area (Å²) in [5, 5.41) is 2.25. The molecule has 0 radical (unpaired) electrons. The van der Waals surface area contributed by atoms with Gasteiger partial charge in [0.2, 0.25) is 0 Å². The smallest absolute Gasteiger partial charge is 0.0465 e. The van der Waals surface area contributed by atoms with Crippen molar-refractivity contribution in [3.8, 4) is 0 Å². The molecule has 0 bridgehead atoms. The Morgan fingerprint density at radius 3 is 2.65 bits per heavy atom. The molecule has 0 spiro atoms. The second-order valence-corrected chi connectivity index (χ2v) is 5.59. The Morgan fingerprint density at radius 1 is 1.15 bits per heavy atom. The number of nitrogen functional groups attached to an aromatic ring is 1. The Morgan fingerprint density at radius 2 is 1.95 bits per heavy atom. The van der Waals surface area contributed by atoms with Crippen molar-refractivity contribution in [3.63, 3.8) is 0 Å². The van der Waals surface area contributed by atoms with Gasteiger partial charge in [0.1, 0.15) is 0 Å². The van der Waals surface area contributed by atoms with E-state index in [1.165, 1.54) is 24.9 Å². The van der Waals surface area contributed by atoms with E-state index in [0.717, 1.165) is 23.0 Å². The molecular weight excluding hydrogens is 246 g/mol. The first kappa shape index (κ1) is 14.6. The van der Waals surface area contributed by atoms with E-state index in [4.69, 9.17) is 5.73 Å². The largest absolute Gasteiger partial charge is 0.398 e. The van der Waals surface area contributed by atoms with Crippen molar-refractivity contribution in [1.29, 1.82) is 0 Å². The SMILES string of the molecule is CCCCCN(c1ccc(N)c2ccncc12)C(C)C. The molecule has 0 fully saturated rings. The molecule has 3 nitrogen and oxygen atoms in total. The number of benzene rings is 1. The van der Waals surface area contributed by atoms with Gasteiger partial charge >= 0.3 is 0 Å². The normalized spacial score (nSPS) is 11.2. The number of pyridine rings is 1. The lowest BCUT2D eigenvalue weighted by Gasteiger charge is -2.30. The van der Waals surface area contributed by atoms with Gasteiger partial charge in [-0.2, -0.15) is 0 Å². The lowest BCUT2D eigenvalue weighted by molar-refractivity contribution is 0.627. The van der Waals surface area contributed by atoms with Gasteiger partial charge in [-0.15, -0.1) is 0 Å². The average Bonchev–Trinajstić information content (AvgIpc) is 2.45. The first-order valence-corrected chi connectivity index (χ1v) is 7.54. The van der Waals surface area contributed by atoms with Gasteiger partial charge in [0, 0.05) is 47.1 Å². The standard InChI is InChI=1S/C17H25N3/c1-4-5-6-11-20(13(2)3)17-8-7-16(18)14-9-10-19-12-15(14)17/h7-10,12-13H,4-6,11,18H2,1-3H3. The predicted octanol–water partition coefficient (Wildman–Crippen LogP) is 4.22. The van der Waals surface area contributed by atoms with Gasteiger partial charge in [0.05, 0.1) is 0 Å². The zero-order valence-corrected chi connectivity index (χ0v) is 12.8. The molecule has 0 aliphatic carbocycles. The third kappa shape index (κ3) is 3.03. The molecule has 2 aromatic rings. The summed E-state index contributed by atoms with van der Waals surface area (Å²) >= 11 is 0. The van der Waals surface area contributed by atoms with E-state index in [2.05, 4.69) is 36.7 Å². The van der Waals surface area contributed by atoms with Gasteiger partial charge < -0.3 is 10.6 Å². The first-order chi connectivity index (χ1) is 9.65. The van der Waals surface area contributed by atoms with Crippen molar-refractivity contribution in [2.75, 3.05) is 17.2 Å². The molecule has 0 aliphatic rings. The van der Waals surface area contributed by atoms with Crippen LogP contribution in [0.2, 0.25) is 0 Å². The molecule has 1 aromatic carbocycles. The minimum absolute atomic E-state index is 0.471. The van der Waals surface area contributed by atoms with Crippen LogP contribution in [0.4, 0.5) is 11.4 Å². The van der Waals surface area contributed by atoms with Crippen LogP contribution < -0.4 is 10.6 Å². The van der Waals surface area contributed by atoms with Crippen molar-refractivity contribution in [2.45, 2.75) is 46.1 Å². The highest BCUT2D eigenvalue weighted by molar-refractivity contribution is 6.00. The summed E-state index contributed by atoms with van der Waals surface area (Å²) in [6.07, 6.45) is 7.47. The number of aromatic nitrogens is 1. The Labute approximate surface area is 121 Å². The zero-order chi connectivity index (χ0) is 14.5. The van der Waals surface area contributed by atoms with Gasteiger partial charge in [-0.25, -0.2) is 0 Å². The molecule has 0 unspecified atom stereocenters. The van der Waals surface area contributed by atoms with E-state index >= 15 is 0 Å². The maximum Gasteiger partial charge on any atom is 0.0465 e. The van der Waals surface area contributed by atoms with E-state index in [9.17, 15) is 0 Å². The Hall–Kier alpha value is -1.77. The summed E-state index contributed by atoms with van der Waals surface area (Å²) in [6, 6.07) is 6.61. The number of nitrogens with two attached hydrogens (primary N) is 1. The molecule has 108 valence electrons. The van der Waals surface area contributed by atoms with E-state index in [1.54, 1.807) is 6.20 Å². The third-order valence-electron chi connectivity index (χ3n) is 3.76. The lowest BCUT2D eigenvalue weighted by Crippen LogP contribution is -2.31. The summed E-state index contributed by atoms with van der Waals surface area (Å²) < 4.78 is 0. The molecular formula is C17H25N3. The summed E-state index contributed by atoms with van der Waals surface area (Å²) in [4.78, 5) is 6.73. The van der Waals surface area contributed by atoms with Crippen LogP contribution in [0.3, 0.4) is 0 Å². The second kappa shape index (κ2) is 6.60. The van der Waals surface area contributed by atoms with Crippen LogP contribution in [0.15, 0.2) is 30.6 Å². The maximum atomic E-state index is 6.08. The van der Waals surface area contributed by atoms with Crippen LogP contribution in [-0.2, 0) is 0 Å². The molecule has 0 aliphatic heterocycles. The van der Waals surface area contributed by atoms with E-state index in [-0.39, 0.29) is 0 Å². The monoisotopic (exact) mass is 271 g/mol. The fourth-order valence-corrected chi connectivity index (χ4v) is 2.64. The van der Waals surface area contributed by atoms with Gasteiger partial charge in [0.15, 0.2) is 0 Å². The maximum absolute atomic E-state index is 6.08. The number of nitrogens with zero attached hydrogens (tertiary/aromatic N) is 2. The van der Waals surface area contributed by atoms with Crippen LogP contribution in [0.1, 0.15) is 40.0 Å². The number of hydrogen-bond acceptors (Lipinski definition) is 3. The van der Waals surface area contributed by atoms with Gasteiger partial charge in [0.25, 0.3) is 0 Å². The van der Waals surface area contributed by atoms with Crippen LogP contribution >= 0.6 is 0 Å². The highest BCUT2D eigenvalue weighted by Gasteiger charge is 2.14. The number of unbranched alkanes of at least 4 members (excludes halogenated alkanes) is 2. The van der Waals surface area contributed by atoms with Crippen molar-refractivity contribution >= 4 is 22.1 Å². The zero-order valence-electron chi connectivity index (χ0n) is 12.8. The highest BCUT2D eigenvalue weighted by atomic mass is 15.1. The molecule has 1 aromatic heterocycles. The van der Waals surface area contributed by atoms with Crippen molar-refractivity contribution in [3.05, 3.63) is 30.6 Å². The predicted molar refractivity (Wildman–Crippen MR) is 88.2 cm³/mol. The van der Waals surface area contributed by atoms with Crippen molar-refractivity contribution < 1.29 is 0 Å². The average molecular weight is 271 g/mol. The van der Waals surface area contributed by atoms with Crippen LogP contribution in [0.25, 0.3) is 10.8 Å². The molecule has 0 amide bonds. The summed E-state index contributed by atoms with van der Waals surface area (Å²) in [5.74, 6) is 0. The molecule has 0 saturated heterocycles. The van der Waals surface area contributed by atoms with E-state index in [1.807, 2.05) is 18.3 Å². The molecule has 0 atom stereocenters. The molecule has 0 saturated carbocycles. The van der Waals surface area contributed by atoms with Gasteiger partial charge in [-0.3, -0.25) is 4.98 Å². The lowest BCUT2D eigenvalue weighted by atomic mass is 10.1.